The zero-order chi connectivity index (χ0) is 15.9. The first-order chi connectivity index (χ1) is 10.5. The first kappa shape index (κ1) is 15.0. The molecular formula is C15H15N5O2. The molecule has 112 valence electrons. The Morgan fingerprint density at radius 3 is 2.18 bits per heavy atom. The SMILES string of the molecule is NC(N)=NC(=O)c1cccc(NC(=O)Nc2ccccc2)c1. The van der Waals surface area contributed by atoms with E-state index in [0.29, 0.717) is 11.4 Å². The quantitative estimate of drug-likeness (QED) is 0.509. The van der Waals surface area contributed by atoms with Crippen molar-refractivity contribution < 1.29 is 9.59 Å². The number of urea groups is 1. The fraction of sp³-hybridized carbons (Fsp3) is 0. The molecule has 22 heavy (non-hydrogen) atoms. The molecule has 0 unspecified atom stereocenters. The number of guanidine groups is 1. The first-order valence-electron chi connectivity index (χ1n) is 6.41. The van der Waals surface area contributed by atoms with Crippen molar-refractivity contribution in [2.75, 3.05) is 10.6 Å². The highest BCUT2D eigenvalue weighted by Crippen LogP contribution is 2.13. The van der Waals surface area contributed by atoms with Gasteiger partial charge in [0.1, 0.15) is 0 Å². The zero-order valence-electron chi connectivity index (χ0n) is 11.6. The van der Waals surface area contributed by atoms with Gasteiger partial charge in [-0.1, -0.05) is 24.3 Å². The Balaban J connectivity index is 2.05. The lowest BCUT2D eigenvalue weighted by Gasteiger charge is -2.08. The van der Waals surface area contributed by atoms with E-state index in [0.717, 1.165) is 0 Å². The molecule has 2 aromatic carbocycles. The molecule has 2 aromatic rings. The highest BCUT2D eigenvalue weighted by atomic mass is 16.2. The van der Waals surface area contributed by atoms with Gasteiger partial charge in [-0.25, -0.2) is 4.79 Å². The number of amides is 3. The van der Waals surface area contributed by atoms with Crippen LogP contribution < -0.4 is 22.1 Å². The van der Waals surface area contributed by atoms with Crippen LogP contribution in [0.2, 0.25) is 0 Å². The van der Waals surface area contributed by atoms with E-state index in [-0.39, 0.29) is 11.5 Å². The van der Waals surface area contributed by atoms with Crippen LogP contribution in [-0.2, 0) is 0 Å². The summed E-state index contributed by atoms with van der Waals surface area (Å²) in [6.45, 7) is 0. The molecule has 7 nitrogen and oxygen atoms in total. The third-order valence-electron chi connectivity index (χ3n) is 2.63. The number of hydrogen-bond acceptors (Lipinski definition) is 2. The van der Waals surface area contributed by atoms with E-state index < -0.39 is 11.9 Å². The number of carbonyl (C=O) groups excluding carboxylic acids is 2. The van der Waals surface area contributed by atoms with Gasteiger partial charge in [-0.2, -0.15) is 4.99 Å². The molecule has 0 bridgehead atoms. The van der Waals surface area contributed by atoms with Gasteiger partial charge in [0.05, 0.1) is 0 Å². The third kappa shape index (κ3) is 4.34. The van der Waals surface area contributed by atoms with Crippen molar-refractivity contribution in [2.24, 2.45) is 16.5 Å². The van der Waals surface area contributed by atoms with Crippen molar-refractivity contribution in [3.8, 4) is 0 Å². The Hall–Kier alpha value is -3.35. The Kier molecular flexibility index (Phi) is 4.71. The lowest BCUT2D eigenvalue weighted by molar-refractivity contribution is 0.100. The van der Waals surface area contributed by atoms with Crippen LogP contribution in [0.15, 0.2) is 59.6 Å². The van der Waals surface area contributed by atoms with Gasteiger partial charge in [0.25, 0.3) is 5.91 Å². The number of para-hydroxylation sites is 1. The van der Waals surface area contributed by atoms with E-state index in [1.807, 2.05) is 18.2 Å². The van der Waals surface area contributed by atoms with Gasteiger partial charge < -0.3 is 22.1 Å². The van der Waals surface area contributed by atoms with Crippen LogP contribution in [0.5, 0.6) is 0 Å². The van der Waals surface area contributed by atoms with Crippen LogP contribution in [0.25, 0.3) is 0 Å². The Morgan fingerprint density at radius 2 is 1.50 bits per heavy atom. The topological polar surface area (TPSA) is 123 Å². The van der Waals surface area contributed by atoms with Crippen molar-refractivity contribution in [1.82, 2.24) is 0 Å². The molecule has 0 atom stereocenters. The molecule has 0 radical (unpaired) electrons. The maximum absolute atomic E-state index is 11.9. The number of nitrogens with one attached hydrogen (secondary N) is 2. The van der Waals surface area contributed by atoms with Crippen LogP contribution in [0.4, 0.5) is 16.2 Å². The summed E-state index contributed by atoms with van der Waals surface area (Å²) < 4.78 is 0. The number of rotatable bonds is 3. The molecule has 0 heterocycles. The number of carbonyl (C=O) groups is 2. The van der Waals surface area contributed by atoms with E-state index in [1.165, 1.54) is 6.07 Å². The minimum absolute atomic E-state index is 0.269. The normalized spacial score (nSPS) is 9.64. The van der Waals surface area contributed by atoms with Gasteiger partial charge in [0, 0.05) is 16.9 Å². The number of aliphatic imine (C=N–C) groups is 1. The fourth-order valence-electron chi connectivity index (χ4n) is 1.73. The number of hydrogen-bond donors (Lipinski definition) is 4. The second-order valence-corrected chi connectivity index (χ2v) is 4.37. The van der Waals surface area contributed by atoms with Gasteiger partial charge in [-0.3, -0.25) is 4.79 Å². The molecule has 0 aromatic heterocycles. The molecule has 0 fully saturated rings. The number of anilines is 2. The Morgan fingerprint density at radius 1 is 0.864 bits per heavy atom. The summed E-state index contributed by atoms with van der Waals surface area (Å²) >= 11 is 0. The van der Waals surface area contributed by atoms with Crippen molar-refractivity contribution in [2.45, 2.75) is 0 Å². The second-order valence-electron chi connectivity index (χ2n) is 4.37. The molecule has 2 rings (SSSR count). The van der Waals surface area contributed by atoms with E-state index in [1.54, 1.807) is 30.3 Å². The summed E-state index contributed by atoms with van der Waals surface area (Å²) in [7, 11) is 0. The molecule has 6 N–H and O–H groups in total. The lowest BCUT2D eigenvalue weighted by atomic mass is 10.2. The van der Waals surface area contributed by atoms with E-state index in [2.05, 4.69) is 15.6 Å². The molecule has 0 aliphatic heterocycles. The Bertz CT molecular complexity index is 709. The van der Waals surface area contributed by atoms with Crippen LogP contribution in [-0.4, -0.2) is 17.9 Å². The average Bonchev–Trinajstić information content (AvgIpc) is 2.47. The van der Waals surface area contributed by atoms with Gasteiger partial charge >= 0.3 is 6.03 Å². The largest absolute Gasteiger partial charge is 0.370 e. The third-order valence-corrected chi connectivity index (χ3v) is 2.63. The minimum atomic E-state index is -0.577. The van der Waals surface area contributed by atoms with E-state index in [9.17, 15) is 9.59 Å². The maximum atomic E-state index is 11.9. The number of nitrogens with two attached hydrogens (primary N) is 2. The summed E-state index contributed by atoms with van der Waals surface area (Å²) in [6.07, 6.45) is 0. The molecule has 3 amide bonds. The summed E-state index contributed by atoms with van der Waals surface area (Å²) in [6, 6.07) is 14.9. The molecule has 0 saturated carbocycles. The predicted octanol–water partition coefficient (Wildman–Crippen LogP) is 1.74. The van der Waals surface area contributed by atoms with Crippen molar-refractivity contribution in [3.05, 3.63) is 60.2 Å². The van der Waals surface area contributed by atoms with Crippen molar-refractivity contribution >= 4 is 29.3 Å². The van der Waals surface area contributed by atoms with Crippen LogP contribution in [0.3, 0.4) is 0 Å². The van der Waals surface area contributed by atoms with Crippen LogP contribution in [0, 0.1) is 0 Å². The van der Waals surface area contributed by atoms with Crippen LogP contribution in [0.1, 0.15) is 10.4 Å². The summed E-state index contributed by atoms with van der Waals surface area (Å²) in [5, 5.41) is 5.29. The van der Waals surface area contributed by atoms with Gasteiger partial charge in [0.2, 0.25) is 0 Å². The zero-order valence-corrected chi connectivity index (χ0v) is 11.6. The van der Waals surface area contributed by atoms with Crippen molar-refractivity contribution in [3.63, 3.8) is 0 Å². The standard InChI is InChI=1S/C15H15N5O2/c16-14(17)20-13(21)10-5-4-8-12(9-10)19-15(22)18-11-6-2-1-3-7-11/h1-9H,(H2,18,19,22)(H4,16,17,20,21). The van der Waals surface area contributed by atoms with E-state index in [4.69, 9.17) is 11.5 Å². The predicted molar refractivity (Wildman–Crippen MR) is 85.7 cm³/mol. The van der Waals surface area contributed by atoms with Crippen LogP contribution >= 0.6 is 0 Å². The monoisotopic (exact) mass is 297 g/mol. The second kappa shape index (κ2) is 6.89. The molecular weight excluding hydrogens is 282 g/mol. The fourth-order valence-corrected chi connectivity index (χ4v) is 1.73. The van der Waals surface area contributed by atoms with Gasteiger partial charge in [-0.15, -0.1) is 0 Å². The highest BCUT2D eigenvalue weighted by Gasteiger charge is 2.07. The maximum Gasteiger partial charge on any atom is 0.323 e. The highest BCUT2D eigenvalue weighted by molar-refractivity contribution is 6.04. The molecule has 0 saturated heterocycles. The number of benzene rings is 2. The van der Waals surface area contributed by atoms with Gasteiger partial charge in [-0.05, 0) is 30.3 Å². The van der Waals surface area contributed by atoms with E-state index >= 15 is 0 Å². The minimum Gasteiger partial charge on any atom is -0.370 e. The van der Waals surface area contributed by atoms with Gasteiger partial charge in [0.15, 0.2) is 5.96 Å². The molecule has 0 spiro atoms. The summed E-state index contributed by atoms with van der Waals surface area (Å²) in [5.74, 6) is -0.891. The molecule has 0 aliphatic carbocycles. The molecule has 0 aliphatic rings. The lowest BCUT2D eigenvalue weighted by Crippen LogP contribution is -2.24. The summed E-state index contributed by atoms with van der Waals surface area (Å²) in [5.41, 5.74) is 11.7. The average molecular weight is 297 g/mol. The molecule has 7 heteroatoms. The summed E-state index contributed by atoms with van der Waals surface area (Å²) in [4.78, 5) is 27.0. The smallest absolute Gasteiger partial charge is 0.323 e. The number of nitrogens with zero attached hydrogens (tertiary/aromatic N) is 1. The first-order valence-corrected chi connectivity index (χ1v) is 6.41. The van der Waals surface area contributed by atoms with Crippen molar-refractivity contribution in [1.29, 1.82) is 0 Å². The Labute approximate surface area is 127 Å².